The Labute approximate surface area is 89.4 Å². The second-order valence-corrected chi connectivity index (χ2v) is 3.13. The zero-order valence-corrected chi connectivity index (χ0v) is 8.59. The summed E-state index contributed by atoms with van der Waals surface area (Å²) >= 11 is 0. The van der Waals surface area contributed by atoms with Gasteiger partial charge in [0.15, 0.2) is 0 Å². The van der Waals surface area contributed by atoms with Crippen molar-refractivity contribution in [2.24, 2.45) is 0 Å². The van der Waals surface area contributed by atoms with Crippen LogP contribution in [0.5, 0.6) is 11.5 Å². The minimum atomic E-state index is 0.185. The summed E-state index contributed by atoms with van der Waals surface area (Å²) in [5.41, 5.74) is 0.690. The van der Waals surface area contributed by atoms with Crippen LogP contribution in [0.15, 0.2) is 54.6 Å². The van der Waals surface area contributed by atoms with Gasteiger partial charge in [0.1, 0.15) is 11.5 Å². The molecule has 0 saturated heterocycles. The zero-order chi connectivity index (χ0) is 11.1. The average Bonchev–Trinajstić information content (AvgIpc) is 2.27. The first-order chi connectivity index (χ1) is 7.20. The first-order valence-corrected chi connectivity index (χ1v) is 4.69. The molecule has 2 heteroatoms. The summed E-state index contributed by atoms with van der Waals surface area (Å²) in [5.74, 6) is 0.401. The van der Waals surface area contributed by atoms with E-state index in [0.717, 1.165) is 0 Å². The third-order valence-electron chi connectivity index (χ3n) is 1.85. The molecular weight excluding hydrogens is 188 g/mol. The van der Waals surface area contributed by atoms with Gasteiger partial charge in [0.05, 0.1) is 0 Å². The van der Waals surface area contributed by atoms with E-state index >= 15 is 0 Å². The van der Waals surface area contributed by atoms with Crippen molar-refractivity contribution in [3.63, 3.8) is 0 Å². The van der Waals surface area contributed by atoms with Crippen molar-refractivity contribution >= 4 is 0 Å². The van der Waals surface area contributed by atoms with E-state index in [2.05, 4.69) is 0 Å². The Hall–Kier alpha value is -1.96. The highest BCUT2D eigenvalue weighted by Crippen LogP contribution is 2.19. The lowest BCUT2D eigenvalue weighted by atomic mass is 10.2. The first kappa shape index (κ1) is 11.1. The lowest BCUT2D eigenvalue weighted by Crippen LogP contribution is -1.71. The smallest absolute Gasteiger partial charge is 0.118 e. The highest BCUT2D eigenvalue weighted by molar-refractivity contribution is 5.37. The van der Waals surface area contributed by atoms with Crippen LogP contribution < -0.4 is 0 Å². The average molecular weight is 202 g/mol. The van der Waals surface area contributed by atoms with Crippen molar-refractivity contribution in [1.29, 1.82) is 0 Å². The lowest BCUT2D eigenvalue weighted by molar-refractivity contribution is 0.456. The second kappa shape index (κ2) is 5.70. The number of hydrogen-bond acceptors (Lipinski definition) is 2. The van der Waals surface area contributed by atoms with E-state index in [4.69, 9.17) is 10.2 Å². The summed E-state index contributed by atoms with van der Waals surface area (Å²) in [4.78, 5) is 0. The van der Waals surface area contributed by atoms with Crippen molar-refractivity contribution in [1.82, 2.24) is 0 Å². The van der Waals surface area contributed by atoms with Crippen LogP contribution in [0, 0.1) is 6.92 Å². The maximum Gasteiger partial charge on any atom is 0.118 e. The Bertz CT molecular complexity index is 370. The van der Waals surface area contributed by atoms with Gasteiger partial charge in [-0.05, 0) is 30.7 Å². The van der Waals surface area contributed by atoms with Crippen molar-refractivity contribution < 1.29 is 10.2 Å². The summed E-state index contributed by atoms with van der Waals surface area (Å²) in [6.45, 7) is 1.73. The topological polar surface area (TPSA) is 40.5 Å². The van der Waals surface area contributed by atoms with Gasteiger partial charge in [0, 0.05) is 0 Å². The molecule has 0 bridgehead atoms. The van der Waals surface area contributed by atoms with E-state index in [1.807, 2.05) is 36.4 Å². The summed E-state index contributed by atoms with van der Waals surface area (Å²) in [7, 11) is 0. The molecule has 0 aromatic heterocycles. The molecule has 0 aliphatic heterocycles. The third kappa shape index (κ3) is 4.18. The number of phenols is 2. The molecule has 0 aliphatic carbocycles. The minimum Gasteiger partial charge on any atom is -0.508 e. The van der Waals surface area contributed by atoms with E-state index < -0.39 is 0 Å². The van der Waals surface area contributed by atoms with Gasteiger partial charge in [0.2, 0.25) is 0 Å². The van der Waals surface area contributed by atoms with Gasteiger partial charge in [-0.2, -0.15) is 0 Å². The fraction of sp³-hybridized carbons (Fsp3) is 0.0769. The molecule has 2 aromatic carbocycles. The van der Waals surface area contributed by atoms with Gasteiger partial charge in [-0.3, -0.25) is 0 Å². The molecule has 2 aromatic rings. The minimum absolute atomic E-state index is 0.185. The Balaban J connectivity index is 0.000000162. The SMILES string of the molecule is Cc1cc(O)ccc1O.c1ccccc1. The van der Waals surface area contributed by atoms with Gasteiger partial charge in [0.25, 0.3) is 0 Å². The standard InChI is InChI=1S/C7H8O2.C6H6/c1-5-4-6(8)2-3-7(5)9;1-2-4-6-5-3-1/h2-4,8-9H,1H3;1-6H. The predicted octanol–water partition coefficient (Wildman–Crippen LogP) is 3.09. The highest BCUT2D eigenvalue weighted by Gasteiger charge is 1.93. The summed E-state index contributed by atoms with van der Waals surface area (Å²) < 4.78 is 0. The fourth-order valence-corrected chi connectivity index (χ4v) is 1.02. The molecule has 15 heavy (non-hydrogen) atoms. The lowest BCUT2D eigenvalue weighted by Gasteiger charge is -1.96. The first-order valence-electron chi connectivity index (χ1n) is 4.69. The van der Waals surface area contributed by atoms with Crippen molar-refractivity contribution in [2.75, 3.05) is 0 Å². The molecule has 0 amide bonds. The number of hydrogen-bond donors (Lipinski definition) is 2. The van der Waals surface area contributed by atoms with Crippen LogP contribution in [0.2, 0.25) is 0 Å². The van der Waals surface area contributed by atoms with E-state index in [1.54, 1.807) is 6.92 Å². The molecule has 2 nitrogen and oxygen atoms in total. The van der Waals surface area contributed by atoms with Gasteiger partial charge >= 0.3 is 0 Å². The molecule has 0 unspecified atom stereocenters. The van der Waals surface area contributed by atoms with Crippen LogP contribution in [0.4, 0.5) is 0 Å². The largest absolute Gasteiger partial charge is 0.508 e. The molecule has 78 valence electrons. The molecule has 0 atom stereocenters. The number of rotatable bonds is 0. The van der Waals surface area contributed by atoms with Crippen LogP contribution in [0.1, 0.15) is 5.56 Å². The molecule has 0 radical (unpaired) electrons. The number of benzene rings is 2. The van der Waals surface area contributed by atoms with Crippen LogP contribution >= 0.6 is 0 Å². The summed E-state index contributed by atoms with van der Waals surface area (Å²) in [6.07, 6.45) is 0. The van der Waals surface area contributed by atoms with E-state index in [0.29, 0.717) is 5.56 Å². The van der Waals surface area contributed by atoms with E-state index in [1.165, 1.54) is 18.2 Å². The van der Waals surface area contributed by atoms with Crippen LogP contribution in [-0.4, -0.2) is 10.2 Å². The fourth-order valence-electron chi connectivity index (χ4n) is 1.02. The Kier molecular flexibility index (Phi) is 4.23. The maximum atomic E-state index is 8.93. The van der Waals surface area contributed by atoms with Gasteiger partial charge in [-0.15, -0.1) is 0 Å². The molecule has 0 aliphatic rings. The Morgan fingerprint density at radius 2 is 1.27 bits per heavy atom. The number of aromatic hydroxyl groups is 2. The molecule has 0 heterocycles. The quantitative estimate of drug-likeness (QED) is 0.644. The van der Waals surface area contributed by atoms with Crippen molar-refractivity contribution in [3.8, 4) is 11.5 Å². The summed E-state index contributed by atoms with van der Waals surface area (Å²) in [6, 6.07) is 16.4. The number of aryl methyl sites for hydroxylation is 1. The van der Waals surface area contributed by atoms with Crippen molar-refractivity contribution in [3.05, 3.63) is 60.2 Å². The zero-order valence-electron chi connectivity index (χ0n) is 8.59. The Morgan fingerprint density at radius 1 is 0.800 bits per heavy atom. The number of phenolic OH excluding ortho intramolecular Hbond substituents is 2. The van der Waals surface area contributed by atoms with Crippen LogP contribution in [0.25, 0.3) is 0 Å². The maximum absolute atomic E-state index is 8.93. The van der Waals surface area contributed by atoms with E-state index in [9.17, 15) is 0 Å². The van der Waals surface area contributed by atoms with Gasteiger partial charge in [-0.1, -0.05) is 36.4 Å². The van der Waals surface area contributed by atoms with Crippen LogP contribution in [0.3, 0.4) is 0 Å². The van der Waals surface area contributed by atoms with E-state index in [-0.39, 0.29) is 11.5 Å². The summed E-state index contributed by atoms with van der Waals surface area (Å²) in [5, 5.41) is 17.8. The molecular formula is C13H14O2. The molecule has 0 saturated carbocycles. The van der Waals surface area contributed by atoms with Gasteiger partial charge in [-0.25, -0.2) is 0 Å². The predicted molar refractivity (Wildman–Crippen MR) is 61.0 cm³/mol. The van der Waals surface area contributed by atoms with Crippen LogP contribution in [-0.2, 0) is 0 Å². The molecule has 2 N–H and O–H groups in total. The van der Waals surface area contributed by atoms with Gasteiger partial charge < -0.3 is 10.2 Å². The molecule has 0 spiro atoms. The monoisotopic (exact) mass is 202 g/mol. The molecule has 2 rings (SSSR count). The molecule has 0 fully saturated rings. The highest BCUT2D eigenvalue weighted by atomic mass is 16.3. The third-order valence-corrected chi connectivity index (χ3v) is 1.85. The second-order valence-electron chi connectivity index (χ2n) is 3.13. The normalized spacial score (nSPS) is 8.87. The Morgan fingerprint density at radius 3 is 1.60 bits per heavy atom. The van der Waals surface area contributed by atoms with Crippen molar-refractivity contribution in [2.45, 2.75) is 6.92 Å².